The molecule has 3 aromatic heterocycles. The van der Waals surface area contributed by atoms with Gasteiger partial charge in [-0.1, -0.05) is 0 Å². The Morgan fingerprint density at radius 1 is 1.45 bits per heavy atom. The van der Waals surface area contributed by atoms with Crippen molar-refractivity contribution in [2.45, 2.75) is 38.3 Å². The van der Waals surface area contributed by atoms with Crippen LogP contribution in [-0.2, 0) is 22.5 Å². The molecular formula is C22H31N5O2S2. The zero-order valence-electron chi connectivity index (χ0n) is 17.6. The Hall–Kier alpha value is -1.91. The van der Waals surface area contributed by atoms with Gasteiger partial charge in [0.15, 0.2) is 0 Å². The molecule has 3 aromatic rings. The second-order valence-corrected chi connectivity index (χ2v) is 10.2. The molecule has 1 atom stereocenters. The van der Waals surface area contributed by atoms with Crippen molar-refractivity contribution in [3.05, 3.63) is 28.9 Å². The lowest BCUT2D eigenvalue weighted by atomic mass is 10.0. The van der Waals surface area contributed by atoms with Gasteiger partial charge in [-0.2, -0.15) is 0 Å². The van der Waals surface area contributed by atoms with Gasteiger partial charge in [-0.15, -0.1) is 22.7 Å². The molecule has 1 fully saturated rings. The summed E-state index contributed by atoms with van der Waals surface area (Å²) < 4.78 is 6.46. The van der Waals surface area contributed by atoms with Crippen LogP contribution in [0.3, 0.4) is 0 Å². The largest absolute Gasteiger partial charge is 0.383 e. The van der Waals surface area contributed by atoms with E-state index in [1.54, 1.807) is 42.2 Å². The van der Waals surface area contributed by atoms with Crippen molar-refractivity contribution in [1.82, 2.24) is 20.2 Å². The third-order valence-electron chi connectivity index (χ3n) is 6.07. The van der Waals surface area contributed by atoms with Crippen LogP contribution in [0.2, 0.25) is 0 Å². The molecule has 2 N–H and O–H groups in total. The van der Waals surface area contributed by atoms with Crippen molar-refractivity contribution in [2.24, 2.45) is 0 Å². The minimum absolute atomic E-state index is 0. The van der Waals surface area contributed by atoms with E-state index in [0.29, 0.717) is 12.5 Å². The van der Waals surface area contributed by atoms with Crippen molar-refractivity contribution in [1.29, 1.82) is 0 Å². The second kappa shape index (κ2) is 9.30. The second-order valence-electron chi connectivity index (χ2n) is 8.08. The van der Waals surface area contributed by atoms with Crippen LogP contribution in [0.5, 0.6) is 0 Å². The van der Waals surface area contributed by atoms with Crippen LogP contribution in [0.1, 0.15) is 32.6 Å². The smallest absolute Gasteiger partial charge is 0.226 e. The van der Waals surface area contributed by atoms with E-state index in [4.69, 9.17) is 9.72 Å². The van der Waals surface area contributed by atoms with Gasteiger partial charge in [0.1, 0.15) is 15.5 Å². The topological polar surface area (TPSA) is 79.4 Å². The molecule has 7 nitrogen and oxygen atoms in total. The number of fused-ring (bicyclic) bond motifs is 2. The monoisotopic (exact) mass is 461 g/mol. The summed E-state index contributed by atoms with van der Waals surface area (Å²) in [6, 6.07) is 2.44. The van der Waals surface area contributed by atoms with E-state index in [9.17, 15) is 4.79 Å². The molecule has 1 amide bonds. The number of hydrogen-bond donors (Lipinski definition) is 2. The van der Waals surface area contributed by atoms with Gasteiger partial charge in [0.25, 0.3) is 0 Å². The Morgan fingerprint density at radius 2 is 2.39 bits per heavy atom. The van der Waals surface area contributed by atoms with Crippen molar-refractivity contribution in [3.63, 3.8) is 0 Å². The van der Waals surface area contributed by atoms with Crippen molar-refractivity contribution in [3.8, 4) is 10.6 Å². The summed E-state index contributed by atoms with van der Waals surface area (Å²) in [6.07, 6.45) is 7.38. The molecule has 0 aromatic carbocycles. The zero-order chi connectivity index (χ0) is 21.2. The number of thiophene rings is 1. The fourth-order valence-corrected chi connectivity index (χ4v) is 6.85. The summed E-state index contributed by atoms with van der Waals surface area (Å²) in [4.78, 5) is 25.6. The van der Waals surface area contributed by atoms with Gasteiger partial charge in [-0.25, -0.2) is 4.98 Å². The average molecular weight is 462 g/mol. The summed E-state index contributed by atoms with van der Waals surface area (Å²) in [7, 11) is 1.75. The zero-order valence-corrected chi connectivity index (χ0v) is 19.3. The number of aromatic nitrogens is 2. The normalized spacial score (nSPS) is 19.1. The van der Waals surface area contributed by atoms with E-state index in [0.717, 1.165) is 71.4 Å². The summed E-state index contributed by atoms with van der Waals surface area (Å²) in [5.74, 6) is 0.0682. The molecule has 0 saturated carbocycles. The molecular weight excluding hydrogens is 430 g/mol. The molecule has 0 spiro atoms. The third kappa shape index (κ3) is 4.38. The van der Waals surface area contributed by atoms with E-state index in [-0.39, 0.29) is 8.76 Å². The number of hydrogen-bond acceptors (Lipinski definition) is 8. The maximum Gasteiger partial charge on any atom is 0.226 e. The first-order chi connectivity index (χ1) is 15.2. The highest BCUT2D eigenvalue weighted by atomic mass is 32.1. The molecule has 2 aliphatic heterocycles. The Bertz CT molecular complexity index is 1060. The van der Waals surface area contributed by atoms with Crippen molar-refractivity contribution < 1.29 is 12.4 Å². The number of carbonyl (C=O) groups is 1. The van der Waals surface area contributed by atoms with Gasteiger partial charge < -0.3 is 15.4 Å². The first-order valence-corrected chi connectivity index (χ1v) is 12.4. The highest BCUT2D eigenvalue weighted by molar-refractivity contribution is 7.22. The molecule has 5 rings (SSSR count). The van der Waals surface area contributed by atoms with Gasteiger partial charge in [0, 0.05) is 52.2 Å². The number of rotatable bonds is 7. The molecule has 0 radical (unpaired) electrons. The lowest BCUT2D eigenvalue weighted by molar-refractivity contribution is -0.116. The predicted molar refractivity (Wildman–Crippen MR) is 130 cm³/mol. The molecule has 1 saturated heterocycles. The van der Waals surface area contributed by atoms with Crippen molar-refractivity contribution >= 4 is 43.8 Å². The number of nitrogens with zero attached hydrogens (tertiary/aromatic N) is 3. The van der Waals surface area contributed by atoms with Crippen LogP contribution in [-0.4, -0.2) is 60.2 Å². The summed E-state index contributed by atoms with van der Waals surface area (Å²) in [6.45, 7) is 4.36. The molecule has 2 aliphatic rings. The van der Waals surface area contributed by atoms with Crippen LogP contribution in [0.4, 0.5) is 5.00 Å². The first-order valence-electron chi connectivity index (χ1n) is 10.8. The number of carbonyl (C=O) groups excluding carboxylic acids is 1. The number of thiazole rings is 1. The minimum Gasteiger partial charge on any atom is -0.383 e. The highest BCUT2D eigenvalue weighted by Crippen LogP contribution is 2.44. The molecule has 5 heterocycles. The van der Waals surface area contributed by atoms with Gasteiger partial charge in [0.2, 0.25) is 5.91 Å². The van der Waals surface area contributed by atoms with Gasteiger partial charge in [-0.05, 0) is 44.0 Å². The van der Waals surface area contributed by atoms with Crippen LogP contribution >= 0.6 is 22.7 Å². The van der Waals surface area contributed by atoms with Crippen LogP contribution in [0.15, 0.2) is 18.5 Å². The van der Waals surface area contributed by atoms with E-state index in [2.05, 4.69) is 20.5 Å². The van der Waals surface area contributed by atoms with E-state index < -0.39 is 0 Å². The Morgan fingerprint density at radius 3 is 3.26 bits per heavy atom. The molecule has 168 valence electrons. The Balaban J connectivity index is 0.00000153. The predicted octanol–water partition coefficient (Wildman–Crippen LogP) is 4.00. The van der Waals surface area contributed by atoms with E-state index in [1.165, 1.54) is 16.9 Å². The van der Waals surface area contributed by atoms with E-state index >= 15 is 0 Å². The SMILES string of the molecule is COCC1CCCN1CCC(=O)Nc1sc2c(c1-c1nc3cnccc3s1)CCNC2.[HH].[HH]. The molecule has 0 aliphatic carbocycles. The molecule has 9 heteroatoms. The fraction of sp³-hybridized carbons (Fsp3) is 0.500. The minimum atomic E-state index is 0. The fourth-order valence-electron chi connectivity index (χ4n) is 4.54. The van der Waals surface area contributed by atoms with Gasteiger partial charge in [0.05, 0.1) is 17.5 Å². The van der Waals surface area contributed by atoms with Crippen molar-refractivity contribution in [2.75, 3.05) is 38.7 Å². The van der Waals surface area contributed by atoms with Crippen LogP contribution in [0.25, 0.3) is 20.8 Å². The number of ether oxygens (including phenoxy) is 1. The Labute approximate surface area is 192 Å². The number of pyridine rings is 1. The van der Waals surface area contributed by atoms with E-state index in [1.807, 2.05) is 6.07 Å². The summed E-state index contributed by atoms with van der Waals surface area (Å²) in [5.41, 5.74) is 3.34. The third-order valence-corrected chi connectivity index (χ3v) is 8.27. The van der Waals surface area contributed by atoms with Gasteiger partial charge >= 0.3 is 0 Å². The lowest BCUT2D eigenvalue weighted by Crippen LogP contribution is -2.35. The van der Waals surface area contributed by atoms with Gasteiger partial charge in [-0.3, -0.25) is 14.7 Å². The average Bonchev–Trinajstić information content (AvgIpc) is 3.48. The van der Waals surface area contributed by atoms with Crippen LogP contribution < -0.4 is 10.6 Å². The summed E-state index contributed by atoms with van der Waals surface area (Å²) >= 11 is 3.36. The standard InChI is InChI=1S/C22H27N5O2S2.2H2/c1-29-13-14-3-2-9-27(14)10-6-19(28)26-22-20(15-4-7-24-12-18(15)31-22)21-25-16-11-23-8-5-17(16)30-21;;/h5,8,11,14,24H,2-4,6-7,9-10,12-13H2,1H3,(H,26,28);2*1H. The van der Waals surface area contributed by atoms with Crippen LogP contribution in [0, 0.1) is 0 Å². The quantitative estimate of drug-likeness (QED) is 0.554. The number of methoxy groups -OCH3 is 1. The maximum atomic E-state index is 12.9. The number of anilines is 1. The molecule has 1 unspecified atom stereocenters. The Kier molecular flexibility index (Phi) is 6.29. The number of nitrogens with one attached hydrogen (secondary N) is 2. The maximum absolute atomic E-state index is 12.9. The molecule has 0 bridgehead atoms. The highest BCUT2D eigenvalue weighted by Gasteiger charge is 2.27. The lowest BCUT2D eigenvalue weighted by Gasteiger charge is -2.23. The number of likely N-dealkylation sites (tertiary alicyclic amines) is 1. The number of amides is 1. The summed E-state index contributed by atoms with van der Waals surface area (Å²) in [5, 5.41) is 8.57. The first kappa shape index (κ1) is 21.0. The molecule has 31 heavy (non-hydrogen) atoms.